The molecule has 7 rings (SSSR count). The largest absolute Gasteiger partial charge is 0.432 e. The fourth-order valence-electron chi connectivity index (χ4n) is 5.41. The summed E-state index contributed by atoms with van der Waals surface area (Å²) in [7, 11) is 0. The Hall–Kier alpha value is -4.42. The van der Waals surface area contributed by atoms with Crippen LogP contribution in [-0.2, 0) is 0 Å². The lowest BCUT2D eigenvalue weighted by molar-refractivity contribution is -0.0521. The molecule has 42 heavy (non-hydrogen) atoms. The predicted molar refractivity (Wildman–Crippen MR) is 155 cm³/mol. The lowest BCUT2D eigenvalue weighted by Gasteiger charge is -2.22. The van der Waals surface area contributed by atoms with Crippen molar-refractivity contribution in [1.29, 1.82) is 0 Å². The minimum Gasteiger partial charge on any atom is -0.432 e. The molecular formula is C29H20ClF3N6O2S. The molecule has 1 aliphatic rings. The Kier molecular flexibility index (Phi) is 6.39. The van der Waals surface area contributed by atoms with Gasteiger partial charge in [0.1, 0.15) is 27.8 Å². The number of nitrogens with two attached hydrogens (primary N) is 1. The second kappa shape index (κ2) is 10.1. The molecule has 212 valence electrons. The van der Waals surface area contributed by atoms with E-state index in [1.54, 1.807) is 10.1 Å². The number of anilines is 1. The van der Waals surface area contributed by atoms with E-state index in [1.165, 1.54) is 28.1 Å². The Labute approximate surface area is 244 Å². The van der Waals surface area contributed by atoms with Crippen molar-refractivity contribution in [2.75, 3.05) is 5.73 Å². The molecule has 0 saturated heterocycles. The van der Waals surface area contributed by atoms with Gasteiger partial charge < -0.3 is 10.5 Å². The number of hydrogen-bond acceptors (Lipinski definition) is 7. The Morgan fingerprint density at radius 2 is 1.86 bits per heavy atom. The monoisotopic (exact) mass is 608 g/mol. The molecule has 1 fully saturated rings. The molecule has 0 spiro atoms. The van der Waals surface area contributed by atoms with E-state index in [-0.39, 0.29) is 28.6 Å². The number of alkyl halides is 2. The fraction of sp³-hybridized carbons (Fsp3) is 0.172. The number of hydrogen-bond donors (Lipinski definition) is 1. The van der Waals surface area contributed by atoms with Gasteiger partial charge in [0.2, 0.25) is 0 Å². The maximum absolute atomic E-state index is 14.8. The first-order chi connectivity index (χ1) is 20.3. The predicted octanol–water partition coefficient (Wildman–Crippen LogP) is 6.81. The average molecular weight is 609 g/mol. The number of rotatable bonds is 7. The SMILES string of the molecule is Nc1ncnc2c1c(-c1ccc(OC(F)F)c(F)c1)nn2[C@H](c1cc2scc(Cl)n2c(=O)c1-c1ccccc1)C1CC1. The average Bonchev–Trinajstić information content (AvgIpc) is 3.62. The van der Waals surface area contributed by atoms with Crippen molar-refractivity contribution in [2.24, 2.45) is 5.92 Å². The van der Waals surface area contributed by atoms with Crippen LogP contribution in [-0.4, -0.2) is 30.8 Å². The van der Waals surface area contributed by atoms with Gasteiger partial charge in [-0.05, 0) is 54.2 Å². The lowest BCUT2D eigenvalue weighted by atomic mass is 9.94. The third kappa shape index (κ3) is 4.38. The minimum absolute atomic E-state index is 0.118. The maximum Gasteiger partial charge on any atom is 0.387 e. The second-order valence-corrected chi connectivity index (χ2v) is 11.2. The third-order valence-corrected chi connectivity index (χ3v) is 8.64. The van der Waals surface area contributed by atoms with Gasteiger partial charge in [0.25, 0.3) is 5.56 Å². The molecule has 8 nitrogen and oxygen atoms in total. The minimum atomic E-state index is -3.17. The first-order valence-electron chi connectivity index (χ1n) is 12.9. The van der Waals surface area contributed by atoms with Gasteiger partial charge in [0.05, 0.1) is 17.0 Å². The van der Waals surface area contributed by atoms with Gasteiger partial charge in [-0.15, -0.1) is 11.3 Å². The first kappa shape index (κ1) is 26.5. The number of pyridine rings is 1. The molecule has 1 atom stereocenters. The van der Waals surface area contributed by atoms with Crippen molar-refractivity contribution in [2.45, 2.75) is 25.5 Å². The number of nitrogen functional groups attached to an aromatic ring is 1. The van der Waals surface area contributed by atoms with Crippen LogP contribution in [0.2, 0.25) is 5.15 Å². The van der Waals surface area contributed by atoms with Crippen LogP contribution >= 0.6 is 22.9 Å². The van der Waals surface area contributed by atoms with E-state index in [1.807, 2.05) is 36.4 Å². The highest BCUT2D eigenvalue weighted by molar-refractivity contribution is 7.16. The number of nitrogens with zero attached hydrogens (tertiary/aromatic N) is 5. The Morgan fingerprint density at radius 1 is 1.07 bits per heavy atom. The molecule has 1 saturated carbocycles. The number of fused-ring (bicyclic) bond motifs is 2. The fourth-order valence-corrected chi connectivity index (χ4v) is 6.57. The summed E-state index contributed by atoms with van der Waals surface area (Å²) in [4.78, 5) is 23.3. The molecule has 6 aromatic rings. The van der Waals surface area contributed by atoms with Crippen LogP contribution in [0.4, 0.5) is 19.0 Å². The maximum atomic E-state index is 14.8. The van der Waals surface area contributed by atoms with E-state index in [2.05, 4.69) is 14.7 Å². The number of benzene rings is 2. The summed E-state index contributed by atoms with van der Waals surface area (Å²) < 4.78 is 47.7. The van der Waals surface area contributed by atoms with Crippen LogP contribution in [0.25, 0.3) is 38.2 Å². The van der Waals surface area contributed by atoms with Crippen LogP contribution in [0.1, 0.15) is 24.4 Å². The second-order valence-electron chi connectivity index (χ2n) is 9.93. The molecule has 0 aliphatic heterocycles. The molecule has 1 aliphatic carbocycles. The van der Waals surface area contributed by atoms with Crippen molar-refractivity contribution in [3.05, 3.63) is 93.2 Å². The normalized spacial score (nSPS) is 14.2. The number of aromatic nitrogens is 5. The Morgan fingerprint density at radius 3 is 2.57 bits per heavy atom. The van der Waals surface area contributed by atoms with Gasteiger partial charge in [-0.25, -0.2) is 19.0 Å². The van der Waals surface area contributed by atoms with E-state index in [9.17, 15) is 18.0 Å². The van der Waals surface area contributed by atoms with E-state index in [0.717, 1.165) is 36.1 Å². The zero-order chi connectivity index (χ0) is 29.1. The smallest absolute Gasteiger partial charge is 0.387 e. The summed E-state index contributed by atoms with van der Waals surface area (Å²) in [5, 5.41) is 7.30. The number of thiazole rings is 1. The highest BCUT2D eigenvalue weighted by Gasteiger charge is 2.39. The van der Waals surface area contributed by atoms with Gasteiger partial charge in [-0.2, -0.15) is 13.9 Å². The van der Waals surface area contributed by atoms with Crippen LogP contribution in [0.15, 0.2) is 71.1 Å². The van der Waals surface area contributed by atoms with Crippen molar-refractivity contribution < 1.29 is 17.9 Å². The summed E-state index contributed by atoms with van der Waals surface area (Å²) in [6.07, 6.45) is 3.09. The van der Waals surface area contributed by atoms with E-state index >= 15 is 0 Å². The third-order valence-electron chi connectivity index (χ3n) is 7.35. The Bertz CT molecular complexity index is 2040. The van der Waals surface area contributed by atoms with Crippen LogP contribution in [0.3, 0.4) is 0 Å². The van der Waals surface area contributed by atoms with Crippen molar-refractivity contribution in [3.63, 3.8) is 0 Å². The Balaban J connectivity index is 1.49. The van der Waals surface area contributed by atoms with Crippen LogP contribution in [0, 0.1) is 11.7 Å². The van der Waals surface area contributed by atoms with Gasteiger partial charge in [0, 0.05) is 10.9 Å². The summed E-state index contributed by atoms with van der Waals surface area (Å²) >= 11 is 7.78. The van der Waals surface area contributed by atoms with Crippen LogP contribution < -0.4 is 16.0 Å². The van der Waals surface area contributed by atoms with Gasteiger partial charge in [-0.3, -0.25) is 9.20 Å². The van der Waals surface area contributed by atoms with Crippen molar-refractivity contribution >= 4 is 44.6 Å². The molecule has 0 radical (unpaired) electrons. The molecular weight excluding hydrogens is 589 g/mol. The number of ether oxygens (including phenoxy) is 1. The zero-order valence-electron chi connectivity index (χ0n) is 21.5. The van der Waals surface area contributed by atoms with Gasteiger partial charge in [-0.1, -0.05) is 41.9 Å². The zero-order valence-corrected chi connectivity index (χ0v) is 23.1. The van der Waals surface area contributed by atoms with Crippen LogP contribution in [0.5, 0.6) is 5.75 Å². The van der Waals surface area contributed by atoms with Gasteiger partial charge >= 0.3 is 6.61 Å². The van der Waals surface area contributed by atoms with Crippen molar-refractivity contribution in [1.82, 2.24) is 24.1 Å². The van der Waals surface area contributed by atoms with Crippen molar-refractivity contribution in [3.8, 4) is 28.1 Å². The molecule has 13 heteroatoms. The summed E-state index contributed by atoms with van der Waals surface area (Å²) in [6.45, 7) is -3.17. The molecule has 0 amide bonds. The molecule has 2 N–H and O–H groups in total. The number of halogens is 4. The molecule has 4 aromatic heterocycles. The molecule has 2 aromatic carbocycles. The van der Waals surface area contributed by atoms with E-state index < -0.39 is 24.2 Å². The quantitative estimate of drug-likeness (QED) is 0.214. The standard InChI is InChI=1S/C29H20ClF3N6O2S/c30-20-12-42-21-11-17(22(28(40)38(20)21)14-4-2-1-3-5-14)25(15-6-7-15)39-27-23(26(34)35-13-36-27)24(37-39)16-8-9-19(18(31)10-16)41-29(32)33/h1-5,8-13,15,25,29H,6-7H2,(H2,34,35,36)/t25-/m0/s1. The van der Waals surface area contributed by atoms with E-state index in [0.29, 0.717) is 26.6 Å². The highest BCUT2D eigenvalue weighted by atomic mass is 35.5. The summed E-state index contributed by atoms with van der Waals surface area (Å²) in [5.74, 6) is -1.33. The highest BCUT2D eigenvalue weighted by Crippen LogP contribution is 2.48. The summed E-state index contributed by atoms with van der Waals surface area (Å²) in [5.41, 5.74) is 8.94. The summed E-state index contributed by atoms with van der Waals surface area (Å²) in [6, 6.07) is 14.5. The molecule has 4 heterocycles. The van der Waals surface area contributed by atoms with E-state index in [4.69, 9.17) is 22.4 Å². The molecule has 0 bridgehead atoms. The molecule has 0 unspecified atom stereocenters. The van der Waals surface area contributed by atoms with Gasteiger partial charge in [0.15, 0.2) is 17.2 Å². The first-order valence-corrected chi connectivity index (χ1v) is 14.2. The lowest BCUT2D eigenvalue weighted by Crippen LogP contribution is -2.23. The topological polar surface area (TPSA) is 100 Å².